The van der Waals surface area contributed by atoms with Crippen LogP contribution >= 0.6 is 0 Å². The van der Waals surface area contributed by atoms with Gasteiger partial charge < -0.3 is 24.1 Å². The van der Waals surface area contributed by atoms with Crippen molar-refractivity contribution in [1.29, 1.82) is 0 Å². The molecule has 0 aliphatic carbocycles. The summed E-state index contributed by atoms with van der Waals surface area (Å²) in [4.78, 5) is 24.7. The van der Waals surface area contributed by atoms with Crippen molar-refractivity contribution in [3.05, 3.63) is 72.4 Å². The Labute approximate surface area is 232 Å². The number of rotatable bonds is 2. The van der Waals surface area contributed by atoms with Crippen LogP contribution in [0.15, 0.2) is 61.3 Å². The first-order chi connectivity index (χ1) is 19.8. The molecule has 8 rings (SSSR count). The number of pyridine rings is 1. The predicted molar refractivity (Wildman–Crippen MR) is 146 cm³/mol. The van der Waals surface area contributed by atoms with Gasteiger partial charge in [0.15, 0.2) is 0 Å². The molecule has 11 heteroatoms. The number of aromatic amines is 1. The van der Waals surface area contributed by atoms with E-state index in [-0.39, 0.29) is 24.8 Å². The molecule has 2 fully saturated rings. The Bertz CT molecular complexity index is 1810. The number of H-pyrrole nitrogens is 1. The summed E-state index contributed by atoms with van der Waals surface area (Å²) in [6.07, 6.45) is 6.73. The Morgan fingerprint density at radius 2 is 1.80 bits per heavy atom. The zero-order chi connectivity index (χ0) is 27.9. The smallest absolute Gasteiger partial charge is 0.371 e. The average Bonchev–Trinajstić information content (AvgIpc) is 3.72. The van der Waals surface area contributed by atoms with E-state index in [9.17, 15) is 18.0 Å². The van der Waals surface area contributed by atoms with E-state index in [0.29, 0.717) is 42.7 Å². The van der Waals surface area contributed by atoms with Gasteiger partial charge in [-0.25, -0.2) is 9.78 Å². The number of nitrogens with one attached hydrogen (secondary N) is 1. The van der Waals surface area contributed by atoms with Crippen LogP contribution in [0.5, 0.6) is 0 Å². The maximum Gasteiger partial charge on any atom is 0.416 e. The molecule has 1 N–H and O–H groups in total. The van der Waals surface area contributed by atoms with Gasteiger partial charge in [-0.1, -0.05) is 6.07 Å². The van der Waals surface area contributed by atoms with Gasteiger partial charge in [0.1, 0.15) is 5.65 Å². The summed E-state index contributed by atoms with van der Waals surface area (Å²) in [7, 11) is 0. The van der Waals surface area contributed by atoms with E-state index in [1.54, 1.807) is 11.1 Å². The first-order valence-corrected chi connectivity index (χ1v) is 13.9. The lowest BCUT2D eigenvalue weighted by atomic mass is 9.98. The number of nitrogens with zero attached hydrogens (tertiary/aromatic N) is 5. The van der Waals surface area contributed by atoms with E-state index in [4.69, 9.17) is 4.74 Å². The molecule has 0 saturated carbocycles. The standard InChI is InChI=1S/C30H27F3N6O2/c31-30(32,33)19-9-18-14-37(29(40)38-15-20-4-5-21(16-38)41-20)8-7-36-17-25(22(10-19)28(18)36)23-11-34-12-24(23)26-13-35-27-3-1-2-6-39(26)27/h1-3,6,9-13,17,20-21,34H,4-5,7-8,14-16H2. The predicted octanol–water partition coefficient (Wildman–Crippen LogP) is 5.77. The topological polar surface area (TPSA) is 70.8 Å². The molecule has 8 nitrogen and oxygen atoms in total. The van der Waals surface area contributed by atoms with Gasteiger partial charge in [0.25, 0.3) is 0 Å². The van der Waals surface area contributed by atoms with Crippen molar-refractivity contribution in [2.45, 2.75) is 44.3 Å². The number of imidazole rings is 1. The van der Waals surface area contributed by atoms with Crippen molar-refractivity contribution in [3.8, 4) is 22.4 Å². The van der Waals surface area contributed by atoms with Crippen molar-refractivity contribution in [2.75, 3.05) is 19.6 Å². The minimum Gasteiger partial charge on any atom is -0.371 e. The zero-order valence-corrected chi connectivity index (χ0v) is 22.1. The number of morpholine rings is 1. The molecular formula is C30H27F3N6O2. The molecular weight excluding hydrogens is 533 g/mol. The minimum absolute atomic E-state index is 0.0460. The van der Waals surface area contributed by atoms with E-state index in [1.807, 2.05) is 56.9 Å². The number of aromatic nitrogens is 4. The van der Waals surface area contributed by atoms with Crippen molar-refractivity contribution >= 4 is 22.6 Å². The minimum atomic E-state index is -4.53. The molecule has 2 saturated heterocycles. The van der Waals surface area contributed by atoms with Gasteiger partial charge >= 0.3 is 12.2 Å². The number of halogens is 3. The third-order valence-electron chi connectivity index (χ3n) is 8.66. The van der Waals surface area contributed by atoms with Crippen molar-refractivity contribution in [1.82, 2.24) is 28.7 Å². The number of likely N-dealkylation sites (tertiary alicyclic amines) is 1. The van der Waals surface area contributed by atoms with Crippen LogP contribution in [0.2, 0.25) is 0 Å². The molecule has 41 heavy (non-hydrogen) atoms. The number of carbonyl (C=O) groups is 1. The van der Waals surface area contributed by atoms with Crippen LogP contribution in [0.4, 0.5) is 18.0 Å². The van der Waals surface area contributed by atoms with Crippen LogP contribution in [-0.4, -0.2) is 66.6 Å². The number of fused-ring (bicyclic) bond motifs is 3. The van der Waals surface area contributed by atoms with Gasteiger partial charge in [0.2, 0.25) is 0 Å². The largest absolute Gasteiger partial charge is 0.416 e. The summed E-state index contributed by atoms with van der Waals surface area (Å²) in [6, 6.07) is 8.05. The number of carbonyl (C=O) groups excluding carboxylic acids is 1. The number of urea groups is 1. The molecule has 5 aromatic rings. The Balaban J connectivity index is 1.23. The third-order valence-corrected chi connectivity index (χ3v) is 8.66. The molecule has 2 amide bonds. The number of hydrogen-bond donors (Lipinski definition) is 1. The lowest BCUT2D eigenvalue weighted by molar-refractivity contribution is -0.137. The normalized spacial score (nSPS) is 20.8. The lowest BCUT2D eigenvalue weighted by Crippen LogP contribution is -2.51. The quantitative estimate of drug-likeness (QED) is 0.298. The second-order valence-electron chi connectivity index (χ2n) is 11.2. The van der Waals surface area contributed by atoms with Crippen LogP contribution in [-0.2, 0) is 24.0 Å². The zero-order valence-electron chi connectivity index (χ0n) is 22.1. The van der Waals surface area contributed by atoms with Crippen LogP contribution in [0.1, 0.15) is 24.0 Å². The van der Waals surface area contributed by atoms with E-state index < -0.39 is 11.7 Å². The maximum absolute atomic E-state index is 14.2. The van der Waals surface area contributed by atoms with Gasteiger partial charge in [-0.2, -0.15) is 13.2 Å². The lowest BCUT2D eigenvalue weighted by Gasteiger charge is -2.35. The first kappa shape index (κ1) is 24.5. The molecule has 3 aliphatic rings. The Hall–Kier alpha value is -4.25. The van der Waals surface area contributed by atoms with Crippen LogP contribution in [0.3, 0.4) is 0 Å². The monoisotopic (exact) mass is 560 g/mol. The van der Waals surface area contributed by atoms with E-state index in [0.717, 1.165) is 40.8 Å². The summed E-state index contributed by atoms with van der Waals surface area (Å²) < 4.78 is 52.5. The molecule has 0 spiro atoms. The molecule has 7 heterocycles. The number of amides is 2. The number of alkyl halides is 3. The Morgan fingerprint density at radius 3 is 2.61 bits per heavy atom. The Morgan fingerprint density at radius 1 is 1.00 bits per heavy atom. The molecule has 2 unspecified atom stereocenters. The van der Waals surface area contributed by atoms with Crippen LogP contribution in [0.25, 0.3) is 38.9 Å². The molecule has 4 aromatic heterocycles. The third kappa shape index (κ3) is 3.93. The van der Waals surface area contributed by atoms with Gasteiger partial charge in [-0.3, -0.25) is 4.40 Å². The molecule has 2 bridgehead atoms. The van der Waals surface area contributed by atoms with E-state index >= 15 is 0 Å². The van der Waals surface area contributed by atoms with Crippen molar-refractivity contribution < 1.29 is 22.7 Å². The molecule has 1 aromatic carbocycles. The summed E-state index contributed by atoms with van der Waals surface area (Å²) in [5.41, 5.74) is 4.48. The highest BCUT2D eigenvalue weighted by molar-refractivity contribution is 6.01. The Kier molecular flexibility index (Phi) is 5.31. The number of ether oxygens (including phenoxy) is 1. The second kappa shape index (κ2) is 8.87. The summed E-state index contributed by atoms with van der Waals surface area (Å²) >= 11 is 0. The van der Waals surface area contributed by atoms with Gasteiger partial charge in [0, 0.05) is 79.6 Å². The van der Waals surface area contributed by atoms with Crippen LogP contribution < -0.4 is 0 Å². The van der Waals surface area contributed by atoms with E-state index in [1.165, 1.54) is 12.1 Å². The fourth-order valence-electron chi connectivity index (χ4n) is 6.78. The SMILES string of the molecule is O=C(N1CCn2cc(-c3c[nH]cc3-c3cnc4ccccn34)c3cc(C(F)(F)F)cc(c32)C1)N1CC2CCC(C1)O2. The summed E-state index contributed by atoms with van der Waals surface area (Å²) in [5, 5.41) is 0.517. The molecule has 0 radical (unpaired) electrons. The summed E-state index contributed by atoms with van der Waals surface area (Å²) in [6.45, 7) is 2.05. The van der Waals surface area contributed by atoms with Gasteiger partial charge in [-0.15, -0.1) is 0 Å². The van der Waals surface area contributed by atoms with Crippen molar-refractivity contribution in [3.63, 3.8) is 0 Å². The highest BCUT2D eigenvalue weighted by Gasteiger charge is 2.38. The van der Waals surface area contributed by atoms with Gasteiger partial charge in [0.05, 0.1) is 35.2 Å². The van der Waals surface area contributed by atoms with Gasteiger partial charge in [-0.05, 0) is 42.7 Å². The highest BCUT2D eigenvalue weighted by Crippen LogP contribution is 2.42. The summed E-state index contributed by atoms with van der Waals surface area (Å²) in [5.74, 6) is 0. The first-order valence-electron chi connectivity index (χ1n) is 13.9. The maximum atomic E-state index is 14.2. The van der Waals surface area contributed by atoms with Crippen molar-refractivity contribution in [2.24, 2.45) is 0 Å². The van der Waals surface area contributed by atoms with E-state index in [2.05, 4.69) is 9.97 Å². The van der Waals surface area contributed by atoms with Crippen LogP contribution in [0, 0.1) is 0 Å². The number of hydrogen-bond acceptors (Lipinski definition) is 3. The molecule has 3 aliphatic heterocycles. The fraction of sp³-hybridized carbons (Fsp3) is 0.333. The second-order valence-corrected chi connectivity index (χ2v) is 11.2. The average molecular weight is 561 g/mol. The fourth-order valence-corrected chi connectivity index (χ4v) is 6.78. The molecule has 210 valence electrons. The highest BCUT2D eigenvalue weighted by atomic mass is 19.4. The number of benzene rings is 1. The molecule has 2 atom stereocenters.